The van der Waals surface area contributed by atoms with Crippen LogP contribution in [0.15, 0.2) is 24.3 Å². The summed E-state index contributed by atoms with van der Waals surface area (Å²) >= 11 is 0. The lowest BCUT2D eigenvalue weighted by molar-refractivity contribution is -0.124. The summed E-state index contributed by atoms with van der Waals surface area (Å²) in [6, 6.07) is 7.99. The second-order valence-corrected chi connectivity index (χ2v) is 5.71. The van der Waals surface area contributed by atoms with Crippen LogP contribution in [0.1, 0.15) is 30.0 Å². The van der Waals surface area contributed by atoms with Crippen LogP contribution in [0.5, 0.6) is 0 Å². The molecule has 108 valence electrons. The molecular weight excluding hydrogens is 254 g/mol. The SMILES string of the molecule is NC(CO)C(=O)NC1CN(C2CC2)Cc2ccccc21. The number of amides is 1. The van der Waals surface area contributed by atoms with Crippen molar-refractivity contribution in [1.29, 1.82) is 0 Å². The summed E-state index contributed by atoms with van der Waals surface area (Å²) in [6.07, 6.45) is 2.50. The standard InChI is InChI=1S/C15H21N3O2/c16-13(9-19)15(20)17-14-8-18(11-5-6-11)7-10-3-1-2-4-12(10)14/h1-4,11,13-14,19H,5-9,16H2,(H,17,20). The molecule has 1 amide bonds. The molecule has 1 saturated carbocycles. The van der Waals surface area contributed by atoms with Crippen molar-refractivity contribution in [2.24, 2.45) is 5.73 Å². The van der Waals surface area contributed by atoms with Crippen LogP contribution in [-0.4, -0.2) is 41.1 Å². The molecule has 0 aromatic heterocycles. The smallest absolute Gasteiger partial charge is 0.239 e. The molecule has 2 unspecified atom stereocenters. The average Bonchev–Trinajstić information content (AvgIpc) is 3.30. The predicted octanol–water partition coefficient (Wildman–Crippen LogP) is 0.142. The van der Waals surface area contributed by atoms with Crippen molar-refractivity contribution >= 4 is 5.91 Å². The van der Waals surface area contributed by atoms with Crippen LogP contribution in [0, 0.1) is 0 Å². The fourth-order valence-corrected chi connectivity index (χ4v) is 2.84. The molecule has 0 radical (unpaired) electrons. The van der Waals surface area contributed by atoms with Gasteiger partial charge in [0.05, 0.1) is 12.6 Å². The van der Waals surface area contributed by atoms with Gasteiger partial charge in [-0.1, -0.05) is 24.3 Å². The minimum Gasteiger partial charge on any atom is -0.394 e. The zero-order valence-corrected chi connectivity index (χ0v) is 11.5. The Kier molecular flexibility index (Phi) is 3.74. The summed E-state index contributed by atoms with van der Waals surface area (Å²) in [6.45, 7) is 1.46. The molecule has 0 spiro atoms. The monoisotopic (exact) mass is 275 g/mol. The van der Waals surface area contributed by atoms with E-state index in [1.165, 1.54) is 24.0 Å². The lowest BCUT2D eigenvalue weighted by Crippen LogP contribution is -2.48. The number of nitrogens with two attached hydrogens (primary N) is 1. The molecule has 20 heavy (non-hydrogen) atoms. The molecule has 2 aliphatic rings. The van der Waals surface area contributed by atoms with Gasteiger partial charge in [-0.3, -0.25) is 9.69 Å². The first-order chi connectivity index (χ1) is 9.69. The Morgan fingerprint density at radius 3 is 2.90 bits per heavy atom. The molecule has 5 heteroatoms. The quantitative estimate of drug-likeness (QED) is 0.730. The van der Waals surface area contributed by atoms with Crippen molar-refractivity contribution in [3.63, 3.8) is 0 Å². The molecule has 3 rings (SSSR count). The molecule has 4 N–H and O–H groups in total. The largest absolute Gasteiger partial charge is 0.394 e. The zero-order chi connectivity index (χ0) is 14.1. The zero-order valence-electron chi connectivity index (χ0n) is 11.5. The molecule has 1 aromatic rings. The third-order valence-electron chi connectivity index (χ3n) is 4.13. The number of carbonyl (C=O) groups is 1. The van der Waals surface area contributed by atoms with Crippen molar-refractivity contribution in [2.75, 3.05) is 13.2 Å². The topological polar surface area (TPSA) is 78.6 Å². The van der Waals surface area contributed by atoms with Crippen LogP contribution in [-0.2, 0) is 11.3 Å². The number of hydrogen-bond donors (Lipinski definition) is 3. The molecule has 1 heterocycles. The Bertz CT molecular complexity index is 502. The fourth-order valence-electron chi connectivity index (χ4n) is 2.84. The molecule has 5 nitrogen and oxygen atoms in total. The molecular formula is C15H21N3O2. The average molecular weight is 275 g/mol. The number of aliphatic hydroxyl groups excluding tert-OH is 1. The summed E-state index contributed by atoms with van der Waals surface area (Å²) in [4.78, 5) is 14.4. The van der Waals surface area contributed by atoms with E-state index in [4.69, 9.17) is 10.8 Å². The second-order valence-electron chi connectivity index (χ2n) is 5.71. The molecule has 0 bridgehead atoms. The summed E-state index contributed by atoms with van der Waals surface area (Å²) in [5.74, 6) is -0.287. The highest BCUT2D eigenvalue weighted by Gasteiger charge is 2.35. The molecule has 2 atom stereocenters. The minimum absolute atomic E-state index is 0.0364. The number of benzene rings is 1. The van der Waals surface area contributed by atoms with E-state index in [0.29, 0.717) is 6.04 Å². The van der Waals surface area contributed by atoms with Crippen molar-refractivity contribution < 1.29 is 9.90 Å². The highest BCUT2D eigenvalue weighted by atomic mass is 16.3. The van der Waals surface area contributed by atoms with Crippen LogP contribution in [0.2, 0.25) is 0 Å². The van der Waals surface area contributed by atoms with Gasteiger partial charge in [-0.25, -0.2) is 0 Å². The third kappa shape index (κ3) is 2.70. The minimum atomic E-state index is -0.849. The number of fused-ring (bicyclic) bond motifs is 1. The number of nitrogens with one attached hydrogen (secondary N) is 1. The normalized spacial score (nSPS) is 24.0. The lowest BCUT2D eigenvalue weighted by Gasteiger charge is -2.35. The Balaban J connectivity index is 1.79. The summed E-state index contributed by atoms with van der Waals surface area (Å²) in [5.41, 5.74) is 8.03. The van der Waals surface area contributed by atoms with E-state index in [9.17, 15) is 4.79 Å². The number of rotatable bonds is 4. The van der Waals surface area contributed by atoms with Crippen molar-refractivity contribution in [3.05, 3.63) is 35.4 Å². The highest BCUT2D eigenvalue weighted by molar-refractivity contribution is 5.82. The maximum Gasteiger partial charge on any atom is 0.239 e. The van der Waals surface area contributed by atoms with Gasteiger partial charge in [-0.05, 0) is 24.0 Å². The molecule has 1 aliphatic carbocycles. The van der Waals surface area contributed by atoms with Crippen molar-refractivity contribution in [1.82, 2.24) is 10.2 Å². The second kappa shape index (κ2) is 5.52. The predicted molar refractivity (Wildman–Crippen MR) is 75.8 cm³/mol. The first kappa shape index (κ1) is 13.5. The number of aliphatic hydroxyl groups is 1. The van der Waals surface area contributed by atoms with Crippen LogP contribution < -0.4 is 11.1 Å². The third-order valence-corrected chi connectivity index (χ3v) is 4.13. The molecule has 1 aromatic carbocycles. The fraction of sp³-hybridized carbons (Fsp3) is 0.533. The maximum atomic E-state index is 11.9. The van der Waals surface area contributed by atoms with E-state index in [2.05, 4.69) is 22.3 Å². The van der Waals surface area contributed by atoms with Gasteiger partial charge < -0.3 is 16.2 Å². The van der Waals surface area contributed by atoms with Crippen molar-refractivity contribution in [2.45, 2.75) is 37.5 Å². The van der Waals surface area contributed by atoms with E-state index in [1.807, 2.05) is 12.1 Å². The number of carbonyl (C=O) groups excluding carboxylic acids is 1. The first-order valence-electron chi connectivity index (χ1n) is 7.17. The molecule has 1 fully saturated rings. The Labute approximate surface area is 118 Å². The highest BCUT2D eigenvalue weighted by Crippen LogP contribution is 2.34. The number of nitrogens with zero attached hydrogens (tertiary/aromatic N) is 1. The van der Waals surface area contributed by atoms with Gasteiger partial charge >= 0.3 is 0 Å². The van der Waals surface area contributed by atoms with Gasteiger partial charge in [0.15, 0.2) is 0 Å². The van der Waals surface area contributed by atoms with Gasteiger partial charge in [0.1, 0.15) is 6.04 Å². The Morgan fingerprint density at radius 2 is 2.20 bits per heavy atom. The van der Waals surface area contributed by atoms with Gasteiger partial charge in [0, 0.05) is 19.1 Å². The van der Waals surface area contributed by atoms with Gasteiger partial charge in [0.25, 0.3) is 0 Å². The van der Waals surface area contributed by atoms with Gasteiger partial charge in [-0.2, -0.15) is 0 Å². The summed E-state index contributed by atoms with van der Waals surface area (Å²) < 4.78 is 0. The van der Waals surface area contributed by atoms with E-state index in [0.717, 1.165) is 13.1 Å². The van der Waals surface area contributed by atoms with E-state index in [1.54, 1.807) is 0 Å². The van der Waals surface area contributed by atoms with Crippen LogP contribution in [0.4, 0.5) is 0 Å². The van der Waals surface area contributed by atoms with Crippen molar-refractivity contribution in [3.8, 4) is 0 Å². The van der Waals surface area contributed by atoms with E-state index >= 15 is 0 Å². The maximum absolute atomic E-state index is 11.9. The van der Waals surface area contributed by atoms with Crippen LogP contribution in [0.25, 0.3) is 0 Å². The summed E-state index contributed by atoms with van der Waals surface area (Å²) in [5, 5.41) is 12.0. The summed E-state index contributed by atoms with van der Waals surface area (Å²) in [7, 11) is 0. The molecule has 0 saturated heterocycles. The van der Waals surface area contributed by atoms with Gasteiger partial charge in [0.2, 0.25) is 5.91 Å². The van der Waals surface area contributed by atoms with Gasteiger partial charge in [-0.15, -0.1) is 0 Å². The first-order valence-corrected chi connectivity index (χ1v) is 7.17. The number of hydrogen-bond acceptors (Lipinski definition) is 4. The Hall–Kier alpha value is -1.43. The van der Waals surface area contributed by atoms with E-state index < -0.39 is 6.04 Å². The Morgan fingerprint density at radius 1 is 1.45 bits per heavy atom. The van der Waals surface area contributed by atoms with Crippen LogP contribution >= 0.6 is 0 Å². The molecule has 1 aliphatic heterocycles. The van der Waals surface area contributed by atoms with E-state index in [-0.39, 0.29) is 18.6 Å². The lowest BCUT2D eigenvalue weighted by atomic mass is 9.95. The van der Waals surface area contributed by atoms with Crippen LogP contribution in [0.3, 0.4) is 0 Å².